The highest BCUT2D eigenvalue weighted by molar-refractivity contribution is 6.30. The Kier molecular flexibility index (Phi) is 5.82. The Labute approximate surface area is 161 Å². The van der Waals surface area contributed by atoms with E-state index in [9.17, 15) is 4.79 Å². The maximum atomic E-state index is 12.4. The standard InChI is InChI=1S/C21H30ClN3O/c22-18-5-3-16(4-6-18)14-24-12-9-20(10-13-24)25-11-1-2-17(15-25)21(26)23-19-7-8-19/h3-6,17,19-20H,1-2,7-15H2,(H,23,26)/t17-/m1/s1. The number of hydrogen-bond acceptors (Lipinski definition) is 3. The van der Waals surface area contributed by atoms with Gasteiger partial charge in [0.25, 0.3) is 0 Å². The first-order chi connectivity index (χ1) is 12.7. The van der Waals surface area contributed by atoms with Gasteiger partial charge in [0.2, 0.25) is 5.91 Å². The van der Waals surface area contributed by atoms with Gasteiger partial charge in [0, 0.05) is 30.2 Å². The Morgan fingerprint density at radius 1 is 1.04 bits per heavy atom. The lowest BCUT2D eigenvalue weighted by atomic mass is 9.93. The van der Waals surface area contributed by atoms with E-state index in [0.717, 1.165) is 50.6 Å². The second kappa shape index (κ2) is 8.28. The Hall–Kier alpha value is -1.10. The van der Waals surface area contributed by atoms with Gasteiger partial charge in [-0.15, -0.1) is 0 Å². The Morgan fingerprint density at radius 3 is 2.46 bits per heavy atom. The van der Waals surface area contributed by atoms with Gasteiger partial charge in [-0.3, -0.25) is 14.6 Å². The molecule has 3 aliphatic rings. The van der Waals surface area contributed by atoms with E-state index < -0.39 is 0 Å². The summed E-state index contributed by atoms with van der Waals surface area (Å²) in [6.07, 6.45) is 7.00. The zero-order valence-electron chi connectivity index (χ0n) is 15.5. The third-order valence-electron chi connectivity index (χ3n) is 6.14. The van der Waals surface area contributed by atoms with Gasteiger partial charge in [-0.1, -0.05) is 23.7 Å². The summed E-state index contributed by atoms with van der Waals surface area (Å²) in [6, 6.07) is 9.33. The molecule has 1 aromatic rings. The van der Waals surface area contributed by atoms with Gasteiger partial charge in [-0.2, -0.15) is 0 Å². The van der Waals surface area contributed by atoms with E-state index in [1.165, 1.54) is 31.2 Å². The van der Waals surface area contributed by atoms with Crippen LogP contribution in [0, 0.1) is 5.92 Å². The van der Waals surface area contributed by atoms with E-state index in [-0.39, 0.29) is 5.92 Å². The maximum Gasteiger partial charge on any atom is 0.224 e. The van der Waals surface area contributed by atoms with Crippen LogP contribution in [-0.4, -0.2) is 54.0 Å². The Balaban J connectivity index is 1.24. The normalized spacial score (nSPS) is 26.0. The van der Waals surface area contributed by atoms with Crippen LogP contribution in [0.2, 0.25) is 5.02 Å². The molecule has 0 radical (unpaired) electrons. The first-order valence-electron chi connectivity index (χ1n) is 10.2. The first kappa shape index (κ1) is 18.3. The number of hydrogen-bond donors (Lipinski definition) is 1. The summed E-state index contributed by atoms with van der Waals surface area (Å²) in [7, 11) is 0. The lowest BCUT2D eigenvalue weighted by Gasteiger charge is -2.42. The largest absolute Gasteiger partial charge is 0.353 e. The van der Waals surface area contributed by atoms with Crippen LogP contribution in [0.15, 0.2) is 24.3 Å². The number of carbonyl (C=O) groups excluding carboxylic acids is 1. The molecule has 2 aliphatic heterocycles. The zero-order chi connectivity index (χ0) is 17.9. The van der Waals surface area contributed by atoms with Gasteiger partial charge in [0.1, 0.15) is 0 Å². The summed E-state index contributed by atoms with van der Waals surface area (Å²) < 4.78 is 0. The maximum absolute atomic E-state index is 12.4. The summed E-state index contributed by atoms with van der Waals surface area (Å²) in [5, 5.41) is 4.01. The van der Waals surface area contributed by atoms with Gasteiger partial charge >= 0.3 is 0 Å². The fraction of sp³-hybridized carbons (Fsp3) is 0.667. The molecule has 4 rings (SSSR count). The van der Waals surface area contributed by atoms with Crippen LogP contribution >= 0.6 is 11.6 Å². The van der Waals surface area contributed by atoms with E-state index in [2.05, 4.69) is 27.2 Å². The van der Waals surface area contributed by atoms with Crippen molar-refractivity contribution < 1.29 is 4.79 Å². The van der Waals surface area contributed by atoms with Crippen molar-refractivity contribution in [2.45, 2.75) is 57.2 Å². The van der Waals surface area contributed by atoms with Crippen molar-refractivity contribution in [1.82, 2.24) is 15.1 Å². The summed E-state index contributed by atoms with van der Waals surface area (Å²) >= 11 is 5.98. The average Bonchev–Trinajstić information content (AvgIpc) is 3.48. The molecule has 142 valence electrons. The van der Waals surface area contributed by atoms with Gasteiger partial charge in [0.15, 0.2) is 0 Å². The summed E-state index contributed by atoms with van der Waals surface area (Å²) in [5.41, 5.74) is 1.34. The molecule has 1 aromatic carbocycles. The monoisotopic (exact) mass is 375 g/mol. The molecule has 0 aromatic heterocycles. The van der Waals surface area contributed by atoms with E-state index in [1.54, 1.807) is 0 Å². The molecule has 0 spiro atoms. The highest BCUT2D eigenvalue weighted by atomic mass is 35.5. The smallest absolute Gasteiger partial charge is 0.224 e. The molecule has 26 heavy (non-hydrogen) atoms. The minimum atomic E-state index is 0.205. The molecule has 2 saturated heterocycles. The number of carbonyl (C=O) groups is 1. The van der Waals surface area contributed by atoms with Crippen LogP contribution in [0.1, 0.15) is 44.1 Å². The van der Waals surface area contributed by atoms with Gasteiger partial charge in [0.05, 0.1) is 5.92 Å². The zero-order valence-corrected chi connectivity index (χ0v) is 16.3. The molecule has 3 fully saturated rings. The van der Waals surface area contributed by atoms with Crippen LogP contribution in [0.25, 0.3) is 0 Å². The first-order valence-corrected chi connectivity index (χ1v) is 10.6. The molecule has 2 heterocycles. The van der Waals surface area contributed by atoms with Crippen LogP contribution in [-0.2, 0) is 11.3 Å². The number of halogens is 1. The molecule has 0 unspecified atom stereocenters. The van der Waals surface area contributed by atoms with Crippen LogP contribution in [0.5, 0.6) is 0 Å². The molecule has 1 N–H and O–H groups in total. The van der Waals surface area contributed by atoms with Gasteiger partial charge < -0.3 is 5.32 Å². The van der Waals surface area contributed by atoms with E-state index in [4.69, 9.17) is 11.6 Å². The highest BCUT2D eigenvalue weighted by Gasteiger charge is 2.33. The summed E-state index contributed by atoms with van der Waals surface area (Å²) in [4.78, 5) is 17.5. The molecule has 1 aliphatic carbocycles. The number of likely N-dealkylation sites (tertiary alicyclic amines) is 2. The second-order valence-electron chi connectivity index (χ2n) is 8.25. The van der Waals surface area contributed by atoms with Crippen molar-refractivity contribution in [3.63, 3.8) is 0 Å². The minimum Gasteiger partial charge on any atom is -0.353 e. The van der Waals surface area contributed by atoms with Crippen LogP contribution < -0.4 is 5.32 Å². The lowest BCUT2D eigenvalue weighted by molar-refractivity contribution is -0.127. The van der Waals surface area contributed by atoms with E-state index >= 15 is 0 Å². The Morgan fingerprint density at radius 2 is 1.77 bits per heavy atom. The number of benzene rings is 1. The fourth-order valence-corrected chi connectivity index (χ4v) is 4.52. The van der Waals surface area contributed by atoms with Crippen LogP contribution in [0.4, 0.5) is 0 Å². The quantitative estimate of drug-likeness (QED) is 0.857. The SMILES string of the molecule is O=C(NC1CC1)[C@@H]1CCCN(C2CCN(Cc3ccc(Cl)cc3)CC2)C1. The second-order valence-corrected chi connectivity index (χ2v) is 8.69. The minimum absolute atomic E-state index is 0.205. The summed E-state index contributed by atoms with van der Waals surface area (Å²) in [5.74, 6) is 0.508. The number of rotatable bonds is 5. The predicted molar refractivity (Wildman–Crippen MR) is 105 cm³/mol. The molecule has 1 amide bonds. The summed E-state index contributed by atoms with van der Waals surface area (Å²) in [6.45, 7) is 5.41. The van der Waals surface area contributed by atoms with Crippen molar-refractivity contribution in [2.24, 2.45) is 5.92 Å². The van der Waals surface area contributed by atoms with Crippen molar-refractivity contribution in [2.75, 3.05) is 26.2 Å². The van der Waals surface area contributed by atoms with E-state index in [0.29, 0.717) is 18.0 Å². The Bertz CT molecular complexity index is 608. The van der Waals surface area contributed by atoms with Crippen LogP contribution in [0.3, 0.4) is 0 Å². The number of amides is 1. The average molecular weight is 376 g/mol. The van der Waals surface area contributed by atoms with Crippen molar-refractivity contribution in [1.29, 1.82) is 0 Å². The molecule has 1 saturated carbocycles. The number of piperidine rings is 2. The van der Waals surface area contributed by atoms with Crippen molar-refractivity contribution in [3.05, 3.63) is 34.9 Å². The van der Waals surface area contributed by atoms with Crippen molar-refractivity contribution >= 4 is 17.5 Å². The van der Waals surface area contributed by atoms with Gasteiger partial charge in [-0.25, -0.2) is 0 Å². The third-order valence-corrected chi connectivity index (χ3v) is 6.39. The third kappa shape index (κ3) is 4.79. The lowest BCUT2D eigenvalue weighted by Crippen LogP contribution is -2.50. The molecule has 1 atom stereocenters. The highest BCUT2D eigenvalue weighted by Crippen LogP contribution is 2.26. The number of nitrogens with one attached hydrogen (secondary N) is 1. The van der Waals surface area contributed by atoms with E-state index in [1.807, 2.05) is 12.1 Å². The van der Waals surface area contributed by atoms with Gasteiger partial charge in [-0.05, 0) is 75.9 Å². The molecule has 0 bridgehead atoms. The predicted octanol–water partition coefficient (Wildman–Crippen LogP) is 3.30. The molecule has 5 heteroatoms. The molecular weight excluding hydrogens is 346 g/mol. The fourth-order valence-electron chi connectivity index (χ4n) is 4.39. The molecular formula is C21H30ClN3O. The van der Waals surface area contributed by atoms with Crippen molar-refractivity contribution in [3.8, 4) is 0 Å². The number of nitrogens with zero attached hydrogens (tertiary/aromatic N) is 2. The topological polar surface area (TPSA) is 35.6 Å². The molecule has 4 nitrogen and oxygen atoms in total.